The van der Waals surface area contributed by atoms with E-state index >= 15 is 0 Å². The van der Waals surface area contributed by atoms with Crippen LogP contribution in [0.5, 0.6) is 0 Å². The fraction of sp³-hybridized carbons (Fsp3) is 0.214. The molecule has 0 heterocycles. The van der Waals surface area contributed by atoms with Gasteiger partial charge in [0.1, 0.15) is 0 Å². The van der Waals surface area contributed by atoms with E-state index in [0.29, 0.717) is 5.41 Å². The molecule has 29 heavy (non-hydrogen) atoms. The molecular formula is C28H27P. The first-order chi connectivity index (χ1) is 14.2. The Kier molecular flexibility index (Phi) is 4.98. The van der Waals surface area contributed by atoms with Crippen LogP contribution in [0, 0.1) is 5.41 Å². The minimum atomic E-state index is -0.379. The third kappa shape index (κ3) is 3.87. The van der Waals surface area contributed by atoms with Crippen molar-refractivity contribution in [2.24, 2.45) is 5.41 Å². The van der Waals surface area contributed by atoms with Gasteiger partial charge in [0.05, 0.1) is 0 Å². The van der Waals surface area contributed by atoms with Gasteiger partial charge in [0, 0.05) is 0 Å². The lowest BCUT2D eigenvalue weighted by atomic mass is 9.87. The summed E-state index contributed by atoms with van der Waals surface area (Å²) in [6, 6.07) is 31.7. The maximum Gasteiger partial charge on any atom is -0.0140 e. The second-order valence-corrected chi connectivity index (χ2v) is 10.9. The van der Waals surface area contributed by atoms with Crippen molar-refractivity contribution in [2.45, 2.75) is 26.2 Å². The van der Waals surface area contributed by atoms with Crippen molar-refractivity contribution < 1.29 is 0 Å². The van der Waals surface area contributed by atoms with Gasteiger partial charge in [0.2, 0.25) is 0 Å². The van der Waals surface area contributed by atoms with E-state index < -0.39 is 0 Å². The predicted molar refractivity (Wildman–Crippen MR) is 130 cm³/mol. The molecule has 1 unspecified atom stereocenters. The highest BCUT2D eigenvalue weighted by Gasteiger charge is 2.26. The van der Waals surface area contributed by atoms with Gasteiger partial charge in [-0.2, -0.15) is 0 Å². The zero-order chi connectivity index (χ0) is 19.7. The highest BCUT2D eigenvalue weighted by Crippen LogP contribution is 2.43. The van der Waals surface area contributed by atoms with Gasteiger partial charge >= 0.3 is 0 Å². The van der Waals surface area contributed by atoms with Gasteiger partial charge in [-0.3, -0.25) is 0 Å². The standard InChI is InChI=1S/C28H27P/c1-28(16-6-7-17-28)18-19-29(26-14-12-22-8-2-4-10-24(22)20-26)27-15-13-23-9-3-5-11-25(23)21-27/h2-6,8-16,20-21H,7,17-19H2,1H3. The molecule has 0 N–H and O–H groups in total. The highest BCUT2D eigenvalue weighted by atomic mass is 31.1. The minimum Gasteiger partial charge on any atom is -0.0880 e. The summed E-state index contributed by atoms with van der Waals surface area (Å²) in [5.41, 5.74) is 0.369. The maximum atomic E-state index is 2.46. The van der Waals surface area contributed by atoms with Crippen LogP contribution in [0.15, 0.2) is 97.1 Å². The minimum absolute atomic E-state index is 0.369. The van der Waals surface area contributed by atoms with Crippen LogP contribution < -0.4 is 10.6 Å². The molecule has 4 aromatic rings. The summed E-state index contributed by atoms with van der Waals surface area (Å²) >= 11 is 0. The predicted octanol–water partition coefficient (Wildman–Crippen LogP) is 7.17. The van der Waals surface area contributed by atoms with Crippen molar-refractivity contribution in [1.29, 1.82) is 0 Å². The second-order valence-electron chi connectivity index (χ2n) is 8.56. The van der Waals surface area contributed by atoms with E-state index in [1.54, 1.807) is 0 Å². The quantitative estimate of drug-likeness (QED) is 0.249. The summed E-state index contributed by atoms with van der Waals surface area (Å²) in [6.07, 6.45) is 9.86. The first-order valence-electron chi connectivity index (χ1n) is 10.6. The van der Waals surface area contributed by atoms with E-state index in [1.165, 1.54) is 57.6 Å². The Labute approximate surface area is 175 Å². The summed E-state index contributed by atoms with van der Waals surface area (Å²) in [5, 5.41) is 8.36. The van der Waals surface area contributed by atoms with Crippen LogP contribution in [0.1, 0.15) is 26.2 Å². The van der Waals surface area contributed by atoms with Gasteiger partial charge in [0.25, 0.3) is 0 Å². The number of hydrogen-bond donors (Lipinski definition) is 0. The molecule has 0 bridgehead atoms. The lowest BCUT2D eigenvalue weighted by Crippen LogP contribution is -2.19. The normalized spacial score (nSPS) is 18.8. The molecule has 0 spiro atoms. The van der Waals surface area contributed by atoms with Crippen molar-refractivity contribution in [1.82, 2.24) is 0 Å². The van der Waals surface area contributed by atoms with Crippen LogP contribution >= 0.6 is 7.92 Å². The molecule has 5 rings (SSSR count). The molecule has 0 aliphatic heterocycles. The number of hydrogen-bond acceptors (Lipinski definition) is 0. The average Bonchev–Trinajstić information content (AvgIpc) is 3.20. The van der Waals surface area contributed by atoms with Gasteiger partial charge < -0.3 is 0 Å². The SMILES string of the molecule is CC1(CCP(c2ccc3ccccc3c2)c2ccc3ccccc3c2)C=CCC1. The first-order valence-corrected chi connectivity index (χ1v) is 12.2. The van der Waals surface area contributed by atoms with Crippen LogP contribution in [0.2, 0.25) is 0 Å². The van der Waals surface area contributed by atoms with Crippen LogP contribution in [0.25, 0.3) is 21.5 Å². The Morgan fingerprint density at radius 2 is 1.28 bits per heavy atom. The van der Waals surface area contributed by atoms with E-state index in [2.05, 4.69) is 104 Å². The molecule has 1 atom stereocenters. The Morgan fingerprint density at radius 3 is 1.79 bits per heavy atom. The topological polar surface area (TPSA) is 0 Å². The third-order valence-electron chi connectivity index (χ3n) is 6.40. The Hall–Kier alpha value is -2.43. The summed E-state index contributed by atoms with van der Waals surface area (Å²) in [4.78, 5) is 0. The molecule has 0 saturated heterocycles. The summed E-state index contributed by atoms with van der Waals surface area (Å²) in [5.74, 6) is 0. The monoisotopic (exact) mass is 394 g/mol. The average molecular weight is 394 g/mol. The van der Waals surface area contributed by atoms with E-state index in [0.717, 1.165) is 0 Å². The second kappa shape index (κ2) is 7.77. The van der Waals surface area contributed by atoms with E-state index in [9.17, 15) is 0 Å². The molecule has 1 heteroatoms. The van der Waals surface area contributed by atoms with Crippen LogP contribution in [0.4, 0.5) is 0 Å². The van der Waals surface area contributed by atoms with Crippen molar-refractivity contribution in [3.05, 3.63) is 97.1 Å². The molecule has 0 nitrogen and oxygen atoms in total. The Morgan fingerprint density at radius 1 is 0.724 bits per heavy atom. The highest BCUT2D eigenvalue weighted by molar-refractivity contribution is 7.73. The largest absolute Gasteiger partial charge is 0.0880 e. The fourth-order valence-electron chi connectivity index (χ4n) is 4.54. The number of rotatable bonds is 5. The number of fused-ring (bicyclic) bond motifs is 2. The first kappa shape index (κ1) is 18.6. The fourth-order valence-corrected chi connectivity index (χ4v) is 7.18. The zero-order valence-electron chi connectivity index (χ0n) is 17.0. The van der Waals surface area contributed by atoms with Gasteiger partial charge in [-0.15, -0.1) is 0 Å². The summed E-state index contributed by atoms with van der Waals surface area (Å²) in [7, 11) is -0.379. The Balaban J connectivity index is 1.55. The molecule has 1 aliphatic carbocycles. The van der Waals surface area contributed by atoms with Gasteiger partial charge in [-0.25, -0.2) is 0 Å². The molecule has 144 valence electrons. The number of allylic oxidation sites excluding steroid dienone is 2. The van der Waals surface area contributed by atoms with Crippen LogP contribution in [-0.2, 0) is 0 Å². The number of benzene rings is 4. The molecule has 4 aromatic carbocycles. The lowest BCUT2D eigenvalue weighted by molar-refractivity contribution is 0.407. The molecular weight excluding hydrogens is 367 g/mol. The van der Waals surface area contributed by atoms with Gasteiger partial charge in [0.15, 0.2) is 0 Å². The van der Waals surface area contributed by atoms with Crippen molar-refractivity contribution >= 4 is 40.1 Å². The van der Waals surface area contributed by atoms with Crippen LogP contribution in [0.3, 0.4) is 0 Å². The summed E-state index contributed by atoms with van der Waals surface area (Å²) < 4.78 is 0. The molecule has 0 radical (unpaired) electrons. The van der Waals surface area contributed by atoms with Crippen molar-refractivity contribution in [2.75, 3.05) is 6.16 Å². The van der Waals surface area contributed by atoms with Crippen molar-refractivity contribution in [3.63, 3.8) is 0 Å². The van der Waals surface area contributed by atoms with E-state index in [-0.39, 0.29) is 7.92 Å². The molecule has 0 amide bonds. The third-order valence-corrected chi connectivity index (χ3v) is 8.87. The van der Waals surface area contributed by atoms with E-state index in [1.807, 2.05) is 0 Å². The summed E-state index contributed by atoms with van der Waals surface area (Å²) in [6.45, 7) is 2.44. The molecule has 0 fully saturated rings. The molecule has 0 aromatic heterocycles. The Bertz CT molecular complexity index is 1110. The smallest absolute Gasteiger partial charge is 0.0140 e. The lowest BCUT2D eigenvalue weighted by Gasteiger charge is -2.26. The van der Waals surface area contributed by atoms with Crippen LogP contribution in [-0.4, -0.2) is 6.16 Å². The van der Waals surface area contributed by atoms with Gasteiger partial charge in [-0.05, 0) is 83.0 Å². The van der Waals surface area contributed by atoms with Crippen molar-refractivity contribution in [3.8, 4) is 0 Å². The molecule has 1 aliphatic rings. The zero-order valence-corrected chi connectivity index (χ0v) is 17.9. The van der Waals surface area contributed by atoms with E-state index in [4.69, 9.17) is 0 Å². The maximum absolute atomic E-state index is 2.46. The van der Waals surface area contributed by atoms with Gasteiger partial charge in [-0.1, -0.05) is 91.9 Å². The molecule has 0 saturated carbocycles.